The van der Waals surface area contributed by atoms with E-state index in [1.54, 1.807) is 18.2 Å². The van der Waals surface area contributed by atoms with Crippen LogP contribution in [-0.2, 0) is 0 Å². The van der Waals surface area contributed by atoms with Gasteiger partial charge in [0.05, 0.1) is 10.7 Å². The Bertz CT molecular complexity index is 843. The zero-order chi connectivity index (χ0) is 15.7. The molecule has 3 rings (SSSR count). The fourth-order valence-electron chi connectivity index (χ4n) is 1.89. The molecule has 8 heteroatoms. The molecule has 0 saturated carbocycles. The number of hydrogen-bond donors (Lipinski definition) is 1. The Labute approximate surface area is 138 Å². The molecule has 0 aliphatic rings. The lowest BCUT2D eigenvalue weighted by molar-refractivity contribution is 0.102. The topological polar surface area (TPSA) is 80.9 Å². The molecule has 22 heavy (non-hydrogen) atoms. The molecule has 0 unspecified atom stereocenters. The van der Waals surface area contributed by atoms with E-state index in [2.05, 4.69) is 36.4 Å². The predicted molar refractivity (Wildman–Crippen MR) is 87.0 cm³/mol. The van der Waals surface area contributed by atoms with Crippen LogP contribution in [0.3, 0.4) is 0 Å². The Kier molecular flexibility index (Phi) is 4.04. The van der Waals surface area contributed by atoms with Gasteiger partial charge in [-0.2, -0.15) is 0 Å². The molecule has 3 aromatic rings. The highest BCUT2D eigenvalue weighted by atomic mass is 79.9. The minimum absolute atomic E-state index is 0.0606. The van der Waals surface area contributed by atoms with Crippen LogP contribution in [-0.4, -0.2) is 21.1 Å². The van der Waals surface area contributed by atoms with Crippen LogP contribution in [0.25, 0.3) is 10.8 Å². The summed E-state index contributed by atoms with van der Waals surface area (Å²) in [5, 5.41) is 11.3. The van der Waals surface area contributed by atoms with Gasteiger partial charge in [0.15, 0.2) is 0 Å². The lowest BCUT2D eigenvalue weighted by atomic mass is 10.2. The van der Waals surface area contributed by atoms with Crippen LogP contribution in [0.15, 0.2) is 33.2 Å². The molecule has 0 fully saturated rings. The Morgan fingerprint density at radius 3 is 2.82 bits per heavy atom. The van der Waals surface area contributed by atoms with Gasteiger partial charge < -0.3 is 4.42 Å². The maximum atomic E-state index is 12.1. The van der Waals surface area contributed by atoms with Gasteiger partial charge in [-0.25, -0.2) is 4.98 Å². The maximum Gasteiger partial charge on any atom is 0.322 e. The summed E-state index contributed by atoms with van der Waals surface area (Å²) in [6, 6.07) is 7.10. The number of halogens is 1. The van der Waals surface area contributed by atoms with Crippen molar-refractivity contribution in [3.63, 3.8) is 0 Å². The monoisotopic (exact) mass is 378 g/mol. The van der Waals surface area contributed by atoms with E-state index in [0.29, 0.717) is 11.5 Å². The number of carbonyl (C=O) groups is 1. The number of thiazole rings is 1. The number of rotatable bonds is 3. The third-order valence-corrected chi connectivity index (χ3v) is 4.38. The number of hydrogen-bond acceptors (Lipinski definition) is 6. The molecule has 112 valence electrons. The summed E-state index contributed by atoms with van der Waals surface area (Å²) in [5.41, 5.74) is 1.33. The number of benzene rings is 1. The molecule has 2 aromatic heterocycles. The highest BCUT2D eigenvalue weighted by Gasteiger charge is 2.16. The van der Waals surface area contributed by atoms with Gasteiger partial charge in [0.1, 0.15) is 4.88 Å². The first-order valence-electron chi connectivity index (χ1n) is 6.38. The normalized spacial score (nSPS) is 10.7. The summed E-state index contributed by atoms with van der Waals surface area (Å²) in [4.78, 5) is 17.2. The molecule has 0 saturated heterocycles. The largest absolute Gasteiger partial charge is 0.402 e. The highest BCUT2D eigenvalue weighted by molar-refractivity contribution is 9.10. The molecule has 2 heterocycles. The zero-order valence-corrected chi connectivity index (χ0v) is 14.2. The van der Waals surface area contributed by atoms with Crippen molar-refractivity contribution in [1.29, 1.82) is 0 Å². The summed E-state index contributed by atoms with van der Waals surface area (Å²) < 4.78 is 6.31. The van der Waals surface area contributed by atoms with Gasteiger partial charge in [-0.1, -0.05) is 27.1 Å². The molecule has 1 N–H and O–H groups in total. The Hall–Kier alpha value is -2.06. The molecule has 1 amide bonds. The number of nitrogens with one attached hydrogen (secondary N) is 1. The smallest absolute Gasteiger partial charge is 0.322 e. The molecule has 0 bridgehead atoms. The quantitative estimate of drug-likeness (QED) is 0.748. The van der Waals surface area contributed by atoms with Crippen LogP contribution in [0.2, 0.25) is 0 Å². The van der Waals surface area contributed by atoms with Gasteiger partial charge in [0.2, 0.25) is 0 Å². The van der Waals surface area contributed by atoms with Crippen LogP contribution >= 0.6 is 27.3 Å². The predicted octanol–water partition coefficient (Wildman–Crippen LogP) is 3.82. The highest BCUT2D eigenvalue weighted by Crippen LogP contribution is 2.29. The number of aryl methyl sites for hydroxylation is 2. The Morgan fingerprint density at radius 2 is 2.14 bits per heavy atom. The standard InChI is InChI=1S/C14H11BrN4O2S/c1-7-11(22-8(2)16-7)13-18-19-14(21-13)17-12(20)9-4-3-5-10(15)6-9/h3-6H,1-2H3,(H,17,19,20). The average molecular weight is 379 g/mol. The van der Waals surface area contributed by atoms with Gasteiger partial charge in [-0.15, -0.1) is 16.4 Å². The fraction of sp³-hybridized carbons (Fsp3) is 0.143. The maximum absolute atomic E-state index is 12.1. The summed E-state index contributed by atoms with van der Waals surface area (Å²) in [6.07, 6.45) is 0. The van der Waals surface area contributed by atoms with Crippen LogP contribution in [0.4, 0.5) is 6.01 Å². The molecule has 0 aliphatic carbocycles. The minimum Gasteiger partial charge on any atom is -0.402 e. The molecule has 6 nitrogen and oxygen atoms in total. The van der Waals surface area contributed by atoms with Crippen LogP contribution in [0, 0.1) is 13.8 Å². The van der Waals surface area contributed by atoms with E-state index < -0.39 is 0 Å². The van der Waals surface area contributed by atoms with E-state index in [4.69, 9.17) is 4.42 Å². The van der Waals surface area contributed by atoms with E-state index in [1.165, 1.54) is 11.3 Å². The second kappa shape index (κ2) is 5.98. The lowest BCUT2D eigenvalue weighted by Gasteiger charge is -2.00. The molecule has 1 aromatic carbocycles. The second-order valence-corrected chi connectivity index (χ2v) is 6.64. The van der Waals surface area contributed by atoms with Crippen molar-refractivity contribution in [2.45, 2.75) is 13.8 Å². The van der Waals surface area contributed by atoms with Crippen molar-refractivity contribution in [1.82, 2.24) is 15.2 Å². The number of nitrogens with zero attached hydrogens (tertiary/aromatic N) is 3. The summed E-state index contributed by atoms with van der Waals surface area (Å²) in [5.74, 6) is 0.0429. The summed E-state index contributed by atoms with van der Waals surface area (Å²) >= 11 is 4.80. The molecular weight excluding hydrogens is 368 g/mol. The van der Waals surface area contributed by atoms with E-state index >= 15 is 0 Å². The van der Waals surface area contributed by atoms with Crippen LogP contribution in [0.1, 0.15) is 21.1 Å². The van der Waals surface area contributed by atoms with E-state index in [-0.39, 0.29) is 11.9 Å². The van der Waals surface area contributed by atoms with Crippen LogP contribution < -0.4 is 5.32 Å². The van der Waals surface area contributed by atoms with Crippen molar-refractivity contribution in [2.75, 3.05) is 5.32 Å². The SMILES string of the molecule is Cc1nc(C)c(-c2nnc(NC(=O)c3cccc(Br)c3)o2)s1. The van der Waals surface area contributed by atoms with Crippen molar-refractivity contribution in [2.24, 2.45) is 0 Å². The minimum atomic E-state index is -0.311. The first-order chi connectivity index (χ1) is 10.5. The second-order valence-electron chi connectivity index (χ2n) is 4.52. The van der Waals surface area contributed by atoms with Gasteiger partial charge in [0, 0.05) is 10.0 Å². The molecule has 0 radical (unpaired) electrons. The lowest BCUT2D eigenvalue weighted by Crippen LogP contribution is -2.11. The number of aromatic nitrogens is 3. The van der Waals surface area contributed by atoms with Gasteiger partial charge in [-0.05, 0) is 32.0 Å². The van der Waals surface area contributed by atoms with Crippen molar-refractivity contribution in [3.05, 3.63) is 45.0 Å². The summed E-state index contributed by atoms with van der Waals surface area (Å²) in [7, 11) is 0. The fourth-order valence-corrected chi connectivity index (χ4v) is 3.13. The van der Waals surface area contributed by atoms with Gasteiger partial charge >= 0.3 is 6.01 Å². The van der Waals surface area contributed by atoms with E-state index in [9.17, 15) is 4.79 Å². The van der Waals surface area contributed by atoms with Gasteiger partial charge in [-0.3, -0.25) is 10.1 Å². The average Bonchev–Trinajstić information content (AvgIpc) is 3.05. The number of carbonyl (C=O) groups excluding carboxylic acids is 1. The number of anilines is 1. The third-order valence-electron chi connectivity index (χ3n) is 2.83. The van der Waals surface area contributed by atoms with Crippen molar-refractivity contribution < 1.29 is 9.21 Å². The molecule has 0 spiro atoms. The molecular formula is C14H11BrN4O2S. The molecule has 0 aliphatic heterocycles. The van der Waals surface area contributed by atoms with Crippen LogP contribution in [0.5, 0.6) is 0 Å². The summed E-state index contributed by atoms with van der Waals surface area (Å²) in [6.45, 7) is 3.79. The van der Waals surface area contributed by atoms with E-state index in [0.717, 1.165) is 20.1 Å². The Balaban J connectivity index is 1.80. The van der Waals surface area contributed by atoms with Gasteiger partial charge in [0.25, 0.3) is 11.8 Å². The first-order valence-corrected chi connectivity index (χ1v) is 7.98. The first kappa shape index (κ1) is 14.9. The van der Waals surface area contributed by atoms with E-state index in [1.807, 2.05) is 19.9 Å². The molecule has 0 atom stereocenters. The third kappa shape index (κ3) is 3.07. The van der Waals surface area contributed by atoms with Crippen molar-refractivity contribution in [3.8, 4) is 10.8 Å². The zero-order valence-electron chi connectivity index (χ0n) is 11.8. The Morgan fingerprint density at radius 1 is 1.32 bits per heavy atom. The van der Waals surface area contributed by atoms with Crippen molar-refractivity contribution >= 4 is 39.2 Å². The number of amides is 1.